The van der Waals surface area contributed by atoms with Gasteiger partial charge in [-0.25, -0.2) is 4.39 Å². The Kier molecular flexibility index (Phi) is 2.42. The van der Waals surface area contributed by atoms with Gasteiger partial charge in [0.2, 0.25) is 0 Å². The first-order chi connectivity index (χ1) is 7.01. The first-order valence-electron chi connectivity index (χ1n) is 4.55. The number of hydrogen-bond acceptors (Lipinski definition) is 3. The zero-order chi connectivity index (χ0) is 11.1. The third-order valence-electron chi connectivity index (χ3n) is 2.50. The van der Waals surface area contributed by atoms with E-state index in [-0.39, 0.29) is 5.82 Å². The molecule has 1 aliphatic rings. The number of guanidine groups is 1. The summed E-state index contributed by atoms with van der Waals surface area (Å²) in [4.78, 5) is 4.03. The Bertz CT molecular complexity index is 433. The van der Waals surface area contributed by atoms with E-state index in [4.69, 9.17) is 5.73 Å². The van der Waals surface area contributed by atoms with Crippen molar-refractivity contribution in [3.63, 3.8) is 0 Å². The van der Waals surface area contributed by atoms with Crippen LogP contribution in [0.25, 0.3) is 0 Å². The van der Waals surface area contributed by atoms with E-state index in [2.05, 4.69) is 26.2 Å². The third kappa shape index (κ3) is 1.84. The van der Waals surface area contributed by atoms with Gasteiger partial charge in [0.15, 0.2) is 5.96 Å². The second-order valence-corrected chi connectivity index (χ2v) is 4.70. The second-order valence-electron chi connectivity index (χ2n) is 3.78. The minimum absolute atomic E-state index is 0.260. The summed E-state index contributed by atoms with van der Waals surface area (Å²) in [5.74, 6) is 0.101. The Morgan fingerprint density at radius 2 is 2.33 bits per heavy atom. The molecule has 1 heterocycles. The standard InChI is InChI=1S/C10H11BrFN3/c1-10(5-14-9(13)15-10)7-3-2-6(11)4-8(7)12/h2-4H,5H2,1H3,(H3,13,14,15). The zero-order valence-corrected chi connectivity index (χ0v) is 9.81. The van der Waals surface area contributed by atoms with Gasteiger partial charge in [-0.05, 0) is 19.1 Å². The fourth-order valence-corrected chi connectivity index (χ4v) is 2.03. The van der Waals surface area contributed by atoms with Crippen molar-refractivity contribution < 1.29 is 4.39 Å². The molecule has 0 fully saturated rings. The minimum atomic E-state index is -0.533. The molecule has 80 valence electrons. The quantitative estimate of drug-likeness (QED) is 0.817. The summed E-state index contributed by atoms with van der Waals surface area (Å²) in [6.07, 6.45) is 0. The normalized spacial score (nSPS) is 24.9. The molecule has 0 amide bonds. The number of aliphatic imine (C=N–C) groups is 1. The number of nitrogens with zero attached hydrogens (tertiary/aromatic N) is 1. The highest BCUT2D eigenvalue weighted by atomic mass is 79.9. The Labute approximate surface area is 95.7 Å². The Balaban J connectivity index is 2.38. The molecule has 0 spiro atoms. The van der Waals surface area contributed by atoms with Crippen molar-refractivity contribution in [2.45, 2.75) is 12.5 Å². The maximum Gasteiger partial charge on any atom is 0.189 e. The molecule has 1 aromatic rings. The van der Waals surface area contributed by atoms with E-state index in [0.29, 0.717) is 18.1 Å². The second kappa shape index (κ2) is 3.48. The van der Waals surface area contributed by atoms with Gasteiger partial charge in [0.25, 0.3) is 0 Å². The van der Waals surface area contributed by atoms with Gasteiger partial charge in [0.05, 0.1) is 12.1 Å². The van der Waals surface area contributed by atoms with Crippen LogP contribution in [0, 0.1) is 5.82 Å². The van der Waals surface area contributed by atoms with Crippen LogP contribution in [0.15, 0.2) is 27.7 Å². The van der Waals surface area contributed by atoms with Crippen LogP contribution in [0.2, 0.25) is 0 Å². The lowest BCUT2D eigenvalue weighted by Crippen LogP contribution is -2.43. The number of nitrogens with one attached hydrogen (secondary N) is 1. The topological polar surface area (TPSA) is 50.4 Å². The average Bonchev–Trinajstić information content (AvgIpc) is 2.46. The van der Waals surface area contributed by atoms with Crippen LogP contribution in [-0.2, 0) is 5.54 Å². The lowest BCUT2D eigenvalue weighted by molar-refractivity contribution is 0.448. The molecule has 0 bridgehead atoms. The molecule has 0 aliphatic carbocycles. The third-order valence-corrected chi connectivity index (χ3v) is 2.99. The van der Waals surface area contributed by atoms with Crippen LogP contribution in [-0.4, -0.2) is 12.5 Å². The van der Waals surface area contributed by atoms with Crippen molar-refractivity contribution in [2.24, 2.45) is 10.7 Å². The Hall–Kier alpha value is -1.10. The van der Waals surface area contributed by atoms with Crippen molar-refractivity contribution in [1.29, 1.82) is 0 Å². The minimum Gasteiger partial charge on any atom is -0.370 e. The van der Waals surface area contributed by atoms with E-state index in [1.165, 1.54) is 6.07 Å². The Morgan fingerprint density at radius 1 is 1.60 bits per heavy atom. The summed E-state index contributed by atoms with van der Waals surface area (Å²) in [6, 6.07) is 4.98. The largest absolute Gasteiger partial charge is 0.370 e. The van der Waals surface area contributed by atoms with Crippen molar-refractivity contribution in [2.75, 3.05) is 6.54 Å². The van der Waals surface area contributed by atoms with E-state index < -0.39 is 5.54 Å². The molecule has 1 aromatic carbocycles. The van der Waals surface area contributed by atoms with Crippen LogP contribution >= 0.6 is 15.9 Å². The zero-order valence-electron chi connectivity index (χ0n) is 8.22. The number of rotatable bonds is 1. The van der Waals surface area contributed by atoms with Crippen LogP contribution < -0.4 is 11.1 Å². The van der Waals surface area contributed by atoms with Crippen molar-refractivity contribution in [3.8, 4) is 0 Å². The molecule has 1 aliphatic heterocycles. The first-order valence-corrected chi connectivity index (χ1v) is 5.34. The van der Waals surface area contributed by atoms with Gasteiger partial charge in [0, 0.05) is 10.0 Å². The summed E-state index contributed by atoms with van der Waals surface area (Å²) >= 11 is 3.22. The molecule has 0 aromatic heterocycles. The van der Waals surface area contributed by atoms with Crippen LogP contribution in [0.1, 0.15) is 12.5 Å². The van der Waals surface area contributed by atoms with Crippen molar-refractivity contribution in [1.82, 2.24) is 5.32 Å². The molecule has 3 nitrogen and oxygen atoms in total. The fourth-order valence-electron chi connectivity index (χ4n) is 1.69. The van der Waals surface area contributed by atoms with E-state index >= 15 is 0 Å². The molecule has 1 atom stereocenters. The van der Waals surface area contributed by atoms with Crippen LogP contribution in [0.4, 0.5) is 4.39 Å². The maximum absolute atomic E-state index is 13.7. The molecular weight excluding hydrogens is 261 g/mol. The van der Waals surface area contributed by atoms with Gasteiger partial charge in [-0.3, -0.25) is 4.99 Å². The lowest BCUT2D eigenvalue weighted by atomic mass is 9.92. The first kappa shape index (κ1) is 10.4. The van der Waals surface area contributed by atoms with Gasteiger partial charge < -0.3 is 11.1 Å². The smallest absolute Gasteiger partial charge is 0.189 e. The molecule has 1 unspecified atom stereocenters. The SMILES string of the molecule is CC1(c2ccc(Br)cc2F)CN=C(N)N1. The summed E-state index contributed by atoms with van der Waals surface area (Å²) in [5.41, 5.74) is 5.58. The highest BCUT2D eigenvalue weighted by Crippen LogP contribution is 2.28. The van der Waals surface area contributed by atoms with Crippen LogP contribution in [0.5, 0.6) is 0 Å². The molecule has 2 rings (SSSR count). The maximum atomic E-state index is 13.7. The molecule has 15 heavy (non-hydrogen) atoms. The number of hydrogen-bond donors (Lipinski definition) is 2. The highest BCUT2D eigenvalue weighted by Gasteiger charge is 2.33. The fraction of sp³-hybridized carbons (Fsp3) is 0.300. The summed E-state index contributed by atoms with van der Waals surface area (Å²) < 4.78 is 14.4. The molecule has 0 radical (unpaired) electrons. The Morgan fingerprint density at radius 3 is 2.87 bits per heavy atom. The number of nitrogens with two attached hydrogens (primary N) is 1. The van der Waals surface area contributed by atoms with Gasteiger partial charge in [-0.2, -0.15) is 0 Å². The summed E-state index contributed by atoms with van der Waals surface area (Å²) in [7, 11) is 0. The van der Waals surface area contributed by atoms with Crippen LogP contribution in [0.3, 0.4) is 0 Å². The van der Waals surface area contributed by atoms with E-state index in [0.717, 1.165) is 4.47 Å². The van der Waals surface area contributed by atoms with Gasteiger partial charge in [-0.1, -0.05) is 22.0 Å². The lowest BCUT2D eigenvalue weighted by Gasteiger charge is -2.25. The monoisotopic (exact) mass is 271 g/mol. The van der Waals surface area contributed by atoms with E-state index in [1.54, 1.807) is 12.1 Å². The predicted octanol–water partition coefficient (Wildman–Crippen LogP) is 1.72. The van der Waals surface area contributed by atoms with Gasteiger partial charge >= 0.3 is 0 Å². The predicted molar refractivity (Wildman–Crippen MR) is 61.1 cm³/mol. The van der Waals surface area contributed by atoms with Crippen molar-refractivity contribution in [3.05, 3.63) is 34.1 Å². The molecular formula is C10H11BrFN3. The average molecular weight is 272 g/mol. The van der Waals surface area contributed by atoms with E-state index in [9.17, 15) is 4.39 Å². The summed E-state index contributed by atoms with van der Waals surface area (Å²) in [5, 5.41) is 2.98. The van der Waals surface area contributed by atoms with Gasteiger partial charge in [0.1, 0.15) is 5.82 Å². The molecule has 0 saturated heterocycles. The van der Waals surface area contributed by atoms with Crippen molar-refractivity contribution >= 4 is 21.9 Å². The number of benzene rings is 1. The van der Waals surface area contributed by atoms with Gasteiger partial charge in [-0.15, -0.1) is 0 Å². The molecule has 0 saturated carbocycles. The van der Waals surface area contributed by atoms with E-state index in [1.807, 2.05) is 6.92 Å². The molecule has 3 N–H and O–H groups in total. The number of halogens is 2. The highest BCUT2D eigenvalue weighted by molar-refractivity contribution is 9.10. The molecule has 5 heteroatoms. The summed E-state index contributed by atoms with van der Waals surface area (Å²) in [6.45, 7) is 2.33.